The summed E-state index contributed by atoms with van der Waals surface area (Å²) in [6.07, 6.45) is 6.82. The Hall–Kier alpha value is -0.130. The van der Waals surface area contributed by atoms with Crippen LogP contribution < -0.4 is 10.0 Å². The quantitative estimate of drug-likeness (QED) is 0.771. The van der Waals surface area contributed by atoms with Gasteiger partial charge < -0.3 is 5.32 Å². The largest absolute Gasteiger partial charge is 0.316 e. The van der Waals surface area contributed by atoms with Crippen LogP contribution in [0.2, 0.25) is 0 Å². The maximum atomic E-state index is 12.1. The van der Waals surface area contributed by atoms with Gasteiger partial charge in [0.15, 0.2) is 0 Å². The Morgan fingerprint density at radius 1 is 1.33 bits per heavy atom. The molecular formula is C13H26N2O2S. The first kappa shape index (κ1) is 14.3. The number of hydrogen-bond donors (Lipinski definition) is 2. The molecule has 1 atom stereocenters. The first-order chi connectivity index (χ1) is 8.55. The van der Waals surface area contributed by atoms with Crippen LogP contribution in [0.5, 0.6) is 0 Å². The molecule has 0 aromatic carbocycles. The fraction of sp³-hybridized carbons (Fsp3) is 1.00. The molecule has 2 fully saturated rings. The van der Waals surface area contributed by atoms with Gasteiger partial charge in [0.25, 0.3) is 0 Å². The summed E-state index contributed by atoms with van der Waals surface area (Å²) in [6, 6.07) is 0. The fourth-order valence-electron chi connectivity index (χ4n) is 3.03. The van der Waals surface area contributed by atoms with Crippen molar-refractivity contribution in [1.29, 1.82) is 0 Å². The SMILES string of the molecule is CCC1(CNS(=O)(=O)CC2CCCNC2)CCC1. The van der Waals surface area contributed by atoms with Crippen molar-refractivity contribution < 1.29 is 8.42 Å². The molecular weight excluding hydrogens is 248 g/mol. The summed E-state index contributed by atoms with van der Waals surface area (Å²) in [5.74, 6) is 0.579. The van der Waals surface area contributed by atoms with E-state index in [-0.39, 0.29) is 11.3 Å². The van der Waals surface area contributed by atoms with Crippen LogP contribution in [-0.2, 0) is 10.0 Å². The van der Waals surface area contributed by atoms with E-state index in [1.165, 1.54) is 19.3 Å². The van der Waals surface area contributed by atoms with Gasteiger partial charge in [-0.05, 0) is 56.5 Å². The van der Waals surface area contributed by atoms with E-state index in [9.17, 15) is 8.42 Å². The van der Waals surface area contributed by atoms with Gasteiger partial charge in [-0.15, -0.1) is 0 Å². The lowest BCUT2D eigenvalue weighted by Gasteiger charge is -2.41. The van der Waals surface area contributed by atoms with Gasteiger partial charge in [0.2, 0.25) is 10.0 Å². The lowest BCUT2D eigenvalue weighted by Crippen LogP contribution is -2.44. The van der Waals surface area contributed by atoms with Gasteiger partial charge in [-0.1, -0.05) is 13.3 Å². The minimum Gasteiger partial charge on any atom is -0.316 e. The molecule has 0 amide bonds. The molecule has 1 unspecified atom stereocenters. The van der Waals surface area contributed by atoms with Gasteiger partial charge in [0.05, 0.1) is 5.75 Å². The van der Waals surface area contributed by atoms with Crippen LogP contribution in [0.15, 0.2) is 0 Å². The van der Waals surface area contributed by atoms with Crippen LogP contribution in [0.3, 0.4) is 0 Å². The van der Waals surface area contributed by atoms with Gasteiger partial charge in [-0.25, -0.2) is 13.1 Å². The van der Waals surface area contributed by atoms with Crippen molar-refractivity contribution in [3.63, 3.8) is 0 Å². The summed E-state index contributed by atoms with van der Waals surface area (Å²) in [4.78, 5) is 0. The minimum atomic E-state index is -3.09. The van der Waals surface area contributed by atoms with Crippen molar-refractivity contribution in [2.24, 2.45) is 11.3 Å². The predicted molar refractivity (Wildman–Crippen MR) is 74.0 cm³/mol. The molecule has 0 bridgehead atoms. The van der Waals surface area contributed by atoms with Crippen LogP contribution >= 0.6 is 0 Å². The minimum absolute atomic E-state index is 0.262. The predicted octanol–water partition coefficient (Wildman–Crippen LogP) is 1.49. The van der Waals surface area contributed by atoms with E-state index < -0.39 is 10.0 Å². The van der Waals surface area contributed by atoms with Crippen LogP contribution in [0.25, 0.3) is 0 Å². The zero-order valence-electron chi connectivity index (χ0n) is 11.4. The number of rotatable bonds is 6. The van der Waals surface area contributed by atoms with Crippen LogP contribution in [0.1, 0.15) is 45.4 Å². The molecule has 1 saturated carbocycles. The number of hydrogen-bond acceptors (Lipinski definition) is 3. The summed E-state index contributed by atoms with van der Waals surface area (Å²) >= 11 is 0. The van der Waals surface area contributed by atoms with Crippen molar-refractivity contribution in [3.8, 4) is 0 Å². The Morgan fingerprint density at radius 2 is 2.11 bits per heavy atom. The van der Waals surface area contributed by atoms with E-state index in [4.69, 9.17) is 0 Å². The second kappa shape index (κ2) is 5.88. The third-order valence-corrected chi connectivity index (χ3v) is 6.18. The lowest BCUT2D eigenvalue weighted by molar-refractivity contribution is 0.133. The Labute approximate surface area is 111 Å². The van der Waals surface area contributed by atoms with E-state index in [2.05, 4.69) is 17.0 Å². The van der Waals surface area contributed by atoms with Crippen molar-refractivity contribution >= 4 is 10.0 Å². The average Bonchev–Trinajstić information content (AvgIpc) is 2.29. The molecule has 5 heteroatoms. The highest BCUT2D eigenvalue weighted by atomic mass is 32.2. The third-order valence-electron chi connectivity index (χ3n) is 4.69. The highest BCUT2D eigenvalue weighted by molar-refractivity contribution is 7.89. The maximum Gasteiger partial charge on any atom is 0.211 e. The van der Waals surface area contributed by atoms with Gasteiger partial charge in [0, 0.05) is 6.54 Å². The number of piperidine rings is 1. The molecule has 0 aromatic heterocycles. The molecule has 2 rings (SSSR count). The molecule has 1 aliphatic heterocycles. The van der Waals surface area contributed by atoms with Gasteiger partial charge in [-0.2, -0.15) is 0 Å². The fourth-order valence-corrected chi connectivity index (χ4v) is 4.58. The molecule has 0 radical (unpaired) electrons. The van der Waals surface area contributed by atoms with Crippen LogP contribution in [-0.4, -0.2) is 33.8 Å². The molecule has 1 aliphatic carbocycles. The molecule has 1 heterocycles. The second-order valence-corrected chi connectivity index (χ2v) is 7.87. The Morgan fingerprint density at radius 3 is 2.61 bits per heavy atom. The topological polar surface area (TPSA) is 58.2 Å². The Balaban J connectivity index is 1.79. The molecule has 1 saturated heterocycles. The molecule has 4 nitrogen and oxygen atoms in total. The smallest absolute Gasteiger partial charge is 0.211 e. The van der Waals surface area contributed by atoms with E-state index in [1.807, 2.05) is 0 Å². The van der Waals surface area contributed by atoms with E-state index in [0.29, 0.717) is 12.3 Å². The normalized spacial score (nSPS) is 27.7. The third kappa shape index (κ3) is 3.68. The first-order valence-corrected chi connectivity index (χ1v) is 8.89. The standard InChI is InChI=1S/C13H26N2O2S/c1-2-13(6-4-7-13)11-15-18(16,17)10-12-5-3-8-14-9-12/h12,14-15H,2-11H2,1H3. The highest BCUT2D eigenvalue weighted by Gasteiger charge is 2.36. The zero-order chi connectivity index (χ0) is 13.1. The summed E-state index contributed by atoms with van der Waals surface area (Å²) < 4.78 is 27.0. The summed E-state index contributed by atoms with van der Waals surface area (Å²) in [5, 5.41) is 3.27. The van der Waals surface area contributed by atoms with Crippen molar-refractivity contribution in [2.45, 2.75) is 45.4 Å². The Kier molecular flexibility index (Phi) is 4.67. The van der Waals surface area contributed by atoms with E-state index >= 15 is 0 Å². The lowest BCUT2D eigenvalue weighted by atomic mass is 9.67. The Bertz CT molecular complexity index is 352. The van der Waals surface area contributed by atoms with Crippen molar-refractivity contribution in [1.82, 2.24) is 10.0 Å². The molecule has 2 N–H and O–H groups in total. The van der Waals surface area contributed by atoms with Crippen molar-refractivity contribution in [2.75, 3.05) is 25.4 Å². The number of nitrogens with one attached hydrogen (secondary N) is 2. The van der Waals surface area contributed by atoms with E-state index in [1.54, 1.807) is 0 Å². The highest BCUT2D eigenvalue weighted by Crippen LogP contribution is 2.43. The monoisotopic (exact) mass is 274 g/mol. The molecule has 106 valence electrons. The molecule has 0 aromatic rings. The zero-order valence-corrected chi connectivity index (χ0v) is 12.2. The van der Waals surface area contributed by atoms with Gasteiger partial charge in [-0.3, -0.25) is 0 Å². The second-order valence-electron chi connectivity index (χ2n) is 6.02. The maximum absolute atomic E-state index is 12.1. The summed E-state index contributed by atoms with van der Waals surface area (Å²) in [5.41, 5.74) is 0.262. The van der Waals surface area contributed by atoms with E-state index in [0.717, 1.165) is 32.4 Å². The van der Waals surface area contributed by atoms with Crippen LogP contribution in [0, 0.1) is 11.3 Å². The van der Waals surface area contributed by atoms with Crippen LogP contribution in [0.4, 0.5) is 0 Å². The molecule has 0 spiro atoms. The molecule has 18 heavy (non-hydrogen) atoms. The molecule has 2 aliphatic rings. The number of sulfonamides is 1. The average molecular weight is 274 g/mol. The first-order valence-electron chi connectivity index (χ1n) is 7.23. The van der Waals surface area contributed by atoms with Crippen molar-refractivity contribution in [3.05, 3.63) is 0 Å². The van der Waals surface area contributed by atoms with Gasteiger partial charge >= 0.3 is 0 Å². The van der Waals surface area contributed by atoms with Gasteiger partial charge in [0.1, 0.15) is 0 Å². The summed E-state index contributed by atoms with van der Waals surface area (Å²) in [7, 11) is -3.09. The summed E-state index contributed by atoms with van der Waals surface area (Å²) in [6.45, 7) is 4.69.